The Hall–Kier alpha value is -4.59. The molecule has 35 heavy (non-hydrogen) atoms. The molecule has 0 aliphatic rings. The van der Waals surface area contributed by atoms with Gasteiger partial charge in [-0.1, -0.05) is 42.5 Å². The van der Waals surface area contributed by atoms with Gasteiger partial charge in [0.05, 0.1) is 6.61 Å². The molecular formula is C27H25N3O5. The summed E-state index contributed by atoms with van der Waals surface area (Å²) in [5.74, 6) is 0.747. The number of carbonyl (C=O) groups is 2. The minimum absolute atomic E-state index is 0.274. The van der Waals surface area contributed by atoms with Crippen LogP contribution >= 0.6 is 0 Å². The van der Waals surface area contributed by atoms with E-state index in [-0.39, 0.29) is 6.61 Å². The molecule has 0 saturated carbocycles. The van der Waals surface area contributed by atoms with E-state index in [1.165, 1.54) is 0 Å². The molecule has 0 saturated heterocycles. The van der Waals surface area contributed by atoms with Crippen LogP contribution in [0, 0.1) is 0 Å². The van der Waals surface area contributed by atoms with Gasteiger partial charge in [-0.25, -0.2) is 0 Å². The third-order valence-electron chi connectivity index (χ3n) is 5.03. The first kappa shape index (κ1) is 23.6. The van der Waals surface area contributed by atoms with Gasteiger partial charge in [-0.05, 0) is 48.9 Å². The van der Waals surface area contributed by atoms with Gasteiger partial charge in [-0.3, -0.25) is 25.4 Å². The SMILES string of the molecule is CCOc1ccccc1OCC(=O)NNC(=O)c1ccc(COc2cccc3cccnc23)cc1. The number of rotatable bonds is 9. The summed E-state index contributed by atoms with van der Waals surface area (Å²) in [6.45, 7) is 2.40. The molecule has 0 radical (unpaired) electrons. The molecule has 0 spiro atoms. The number of pyridine rings is 1. The molecule has 0 unspecified atom stereocenters. The van der Waals surface area contributed by atoms with Crippen molar-refractivity contribution in [3.8, 4) is 17.2 Å². The molecule has 1 aromatic heterocycles. The summed E-state index contributed by atoms with van der Waals surface area (Å²) in [7, 11) is 0. The summed E-state index contributed by atoms with van der Waals surface area (Å²) in [5, 5.41) is 1.00. The van der Waals surface area contributed by atoms with Gasteiger partial charge < -0.3 is 14.2 Å². The van der Waals surface area contributed by atoms with Crippen molar-refractivity contribution in [1.29, 1.82) is 0 Å². The molecule has 2 N–H and O–H groups in total. The van der Waals surface area contributed by atoms with Crippen LogP contribution in [-0.2, 0) is 11.4 Å². The number of aromatic nitrogens is 1. The Morgan fingerprint density at radius 2 is 1.49 bits per heavy atom. The number of carbonyl (C=O) groups excluding carboxylic acids is 2. The summed E-state index contributed by atoms with van der Waals surface area (Å²) in [6.07, 6.45) is 1.73. The van der Waals surface area contributed by atoms with E-state index in [2.05, 4.69) is 15.8 Å². The predicted octanol–water partition coefficient (Wildman–Crippen LogP) is 4.05. The second-order valence-corrected chi connectivity index (χ2v) is 7.49. The third-order valence-corrected chi connectivity index (χ3v) is 5.03. The Morgan fingerprint density at radius 3 is 2.26 bits per heavy atom. The molecule has 0 atom stereocenters. The number of hydrogen-bond donors (Lipinski definition) is 2. The Labute approximate surface area is 202 Å². The number of ether oxygens (including phenoxy) is 3. The second kappa shape index (κ2) is 11.5. The molecule has 8 nitrogen and oxygen atoms in total. The number of hydrogen-bond acceptors (Lipinski definition) is 6. The Bertz CT molecular complexity index is 1300. The first-order valence-electron chi connectivity index (χ1n) is 11.1. The van der Waals surface area contributed by atoms with E-state index in [1.807, 2.05) is 43.3 Å². The summed E-state index contributed by atoms with van der Waals surface area (Å²) in [5.41, 5.74) is 6.81. The predicted molar refractivity (Wildman–Crippen MR) is 131 cm³/mol. The molecule has 3 aromatic carbocycles. The standard InChI is InChI=1S/C27H25N3O5/c1-2-33-22-9-3-4-10-23(22)35-18-25(31)29-30-27(32)21-14-12-19(13-15-21)17-34-24-11-5-7-20-8-6-16-28-26(20)24/h3-16H,2,17-18H2,1H3,(H,29,31)(H,30,32). The van der Waals surface area contributed by atoms with Gasteiger partial charge in [0.1, 0.15) is 17.9 Å². The summed E-state index contributed by atoms with van der Waals surface area (Å²) >= 11 is 0. The fraction of sp³-hybridized carbons (Fsp3) is 0.148. The number of amides is 2. The van der Waals surface area contributed by atoms with Gasteiger partial charge in [-0.2, -0.15) is 0 Å². The molecule has 0 aliphatic carbocycles. The van der Waals surface area contributed by atoms with Crippen LogP contribution in [0.1, 0.15) is 22.8 Å². The average Bonchev–Trinajstić information content (AvgIpc) is 2.90. The van der Waals surface area contributed by atoms with Crippen LogP contribution in [0.3, 0.4) is 0 Å². The lowest BCUT2D eigenvalue weighted by Crippen LogP contribution is -2.43. The quantitative estimate of drug-likeness (QED) is 0.357. The van der Waals surface area contributed by atoms with Crippen LogP contribution < -0.4 is 25.1 Å². The third kappa shape index (κ3) is 6.26. The first-order valence-corrected chi connectivity index (χ1v) is 11.1. The van der Waals surface area contributed by atoms with E-state index in [9.17, 15) is 9.59 Å². The Kier molecular flexibility index (Phi) is 7.75. The zero-order chi connectivity index (χ0) is 24.5. The van der Waals surface area contributed by atoms with Crippen molar-refractivity contribution in [3.63, 3.8) is 0 Å². The zero-order valence-electron chi connectivity index (χ0n) is 19.2. The molecule has 8 heteroatoms. The summed E-state index contributed by atoms with van der Waals surface area (Å²) in [6, 6.07) is 23.6. The molecule has 0 bridgehead atoms. The van der Waals surface area contributed by atoms with Crippen LogP contribution in [0.5, 0.6) is 17.2 Å². The molecular weight excluding hydrogens is 446 g/mol. The lowest BCUT2D eigenvalue weighted by Gasteiger charge is -2.12. The zero-order valence-corrected chi connectivity index (χ0v) is 19.2. The van der Waals surface area contributed by atoms with Crippen LogP contribution in [-0.4, -0.2) is 30.0 Å². The molecule has 1 heterocycles. The highest BCUT2D eigenvalue weighted by Crippen LogP contribution is 2.26. The van der Waals surface area contributed by atoms with Crippen molar-refractivity contribution in [1.82, 2.24) is 15.8 Å². The number of hydrazine groups is 1. The average molecular weight is 472 g/mol. The van der Waals surface area contributed by atoms with E-state index in [4.69, 9.17) is 14.2 Å². The van der Waals surface area contributed by atoms with Crippen molar-refractivity contribution >= 4 is 22.7 Å². The largest absolute Gasteiger partial charge is 0.490 e. The molecule has 0 aliphatic heterocycles. The lowest BCUT2D eigenvalue weighted by molar-refractivity contribution is -0.123. The topological polar surface area (TPSA) is 98.8 Å². The van der Waals surface area contributed by atoms with Crippen molar-refractivity contribution < 1.29 is 23.8 Å². The fourth-order valence-electron chi connectivity index (χ4n) is 3.33. The molecule has 2 amide bonds. The highest BCUT2D eigenvalue weighted by molar-refractivity contribution is 5.95. The number of nitrogens with zero attached hydrogens (tertiary/aromatic N) is 1. The number of benzene rings is 3. The fourth-order valence-corrected chi connectivity index (χ4v) is 3.33. The van der Waals surface area contributed by atoms with Crippen molar-refractivity contribution in [2.75, 3.05) is 13.2 Å². The van der Waals surface area contributed by atoms with Gasteiger partial charge in [0, 0.05) is 17.1 Å². The van der Waals surface area contributed by atoms with E-state index in [0.29, 0.717) is 36.0 Å². The van der Waals surface area contributed by atoms with E-state index < -0.39 is 11.8 Å². The highest BCUT2D eigenvalue weighted by atomic mass is 16.5. The van der Waals surface area contributed by atoms with Crippen LogP contribution in [0.15, 0.2) is 85.1 Å². The maximum Gasteiger partial charge on any atom is 0.276 e. The number of nitrogens with one attached hydrogen (secondary N) is 2. The van der Waals surface area contributed by atoms with Crippen LogP contribution in [0.4, 0.5) is 0 Å². The van der Waals surface area contributed by atoms with Crippen LogP contribution in [0.2, 0.25) is 0 Å². The van der Waals surface area contributed by atoms with Gasteiger partial charge in [0.15, 0.2) is 18.1 Å². The van der Waals surface area contributed by atoms with Gasteiger partial charge in [0.25, 0.3) is 11.8 Å². The van der Waals surface area contributed by atoms with E-state index in [0.717, 1.165) is 16.5 Å². The van der Waals surface area contributed by atoms with Crippen molar-refractivity contribution in [2.45, 2.75) is 13.5 Å². The highest BCUT2D eigenvalue weighted by Gasteiger charge is 2.10. The number of para-hydroxylation sites is 3. The maximum atomic E-state index is 12.4. The molecule has 178 valence electrons. The second-order valence-electron chi connectivity index (χ2n) is 7.49. The Morgan fingerprint density at radius 1 is 0.771 bits per heavy atom. The van der Waals surface area contributed by atoms with Crippen molar-refractivity contribution in [3.05, 3.63) is 96.2 Å². The molecule has 4 aromatic rings. The van der Waals surface area contributed by atoms with E-state index >= 15 is 0 Å². The maximum absolute atomic E-state index is 12.4. The van der Waals surface area contributed by atoms with Gasteiger partial charge in [-0.15, -0.1) is 0 Å². The lowest BCUT2D eigenvalue weighted by atomic mass is 10.1. The minimum atomic E-state index is -0.502. The van der Waals surface area contributed by atoms with Crippen molar-refractivity contribution in [2.24, 2.45) is 0 Å². The first-order chi connectivity index (χ1) is 17.1. The Balaban J connectivity index is 1.25. The molecule has 4 rings (SSSR count). The summed E-state index contributed by atoms with van der Waals surface area (Å²) in [4.78, 5) is 28.8. The van der Waals surface area contributed by atoms with Gasteiger partial charge >= 0.3 is 0 Å². The number of fused-ring (bicyclic) bond motifs is 1. The molecule has 0 fully saturated rings. The monoisotopic (exact) mass is 471 g/mol. The smallest absolute Gasteiger partial charge is 0.276 e. The van der Waals surface area contributed by atoms with E-state index in [1.54, 1.807) is 48.7 Å². The normalized spacial score (nSPS) is 10.4. The minimum Gasteiger partial charge on any atom is -0.490 e. The summed E-state index contributed by atoms with van der Waals surface area (Å²) < 4.78 is 16.9. The van der Waals surface area contributed by atoms with Gasteiger partial charge in [0.2, 0.25) is 0 Å². The van der Waals surface area contributed by atoms with Crippen LogP contribution in [0.25, 0.3) is 10.9 Å².